The molecule has 0 bridgehead atoms. The van der Waals surface area contributed by atoms with Crippen molar-refractivity contribution >= 4 is 25.0 Å². The highest BCUT2D eigenvalue weighted by Crippen LogP contribution is 2.18. The number of anilines is 1. The zero-order chi connectivity index (χ0) is 10.6. The number of nitrogens with two attached hydrogens (primary N) is 1. The van der Waals surface area contributed by atoms with E-state index in [4.69, 9.17) is 23.4 Å². The molecule has 72 valence electrons. The Hall–Kier alpha value is -1.65. The number of hydrogen-bond donors (Lipinski definition) is 2. The summed E-state index contributed by atoms with van der Waals surface area (Å²) >= 11 is 0. The van der Waals surface area contributed by atoms with Gasteiger partial charge in [0.05, 0.1) is 18.7 Å². The number of carboxylic acid groups (broad SMARTS) is 1. The van der Waals surface area contributed by atoms with Crippen LogP contribution in [0.3, 0.4) is 0 Å². The van der Waals surface area contributed by atoms with E-state index < -0.39 is 5.97 Å². The Bertz CT molecular complexity index is 341. The maximum atomic E-state index is 10.2. The van der Waals surface area contributed by atoms with Crippen LogP contribution < -0.4 is 15.9 Å². The molecule has 0 aliphatic rings. The monoisotopic (exact) mass is 191 g/mol. The third kappa shape index (κ3) is 3.01. The van der Waals surface area contributed by atoms with Gasteiger partial charge in [0, 0.05) is 0 Å². The van der Waals surface area contributed by atoms with E-state index in [2.05, 4.69) is 0 Å². The summed E-state index contributed by atoms with van der Waals surface area (Å²) in [5.41, 5.74) is 6.56. The molecule has 2 radical (unpaired) electrons. The molecule has 0 atom stereocenters. The smallest absolute Gasteiger partial charge is 0.306 e. The normalized spacial score (nSPS) is 9.71. The van der Waals surface area contributed by atoms with Gasteiger partial charge in [-0.25, -0.2) is 0 Å². The van der Waals surface area contributed by atoms with E-state index in [1.165, 1.54) is 0 Å². The van der Waals surface area contributed by atoms with Crippen LogP contribution in [0.4, 0.5) is 5.69 Å². The quantitative estimate of drug-likeness (QED) is 0.515. The van der Waals surface area contributed by atoms with Gasteiger partial charge in [0.25, 0.3) is 0 Å². The minimum Gasteiger partial charge on any atom is -0.491 e. The summed E-state index contributed by atoms with van der Waals surface area (Å²) in [7, 11) is 5.51. The molecule has 0 saturated carbocycles. The number of rotatable bonds is 4. The van der Waals surface area contributed by atoms with Gasteiger partial charge >= 0.3 is 5.97 Å². The Labute approximate surface area is 83.1 Å². The van der Waals surface area contributed by atoms with Gasteiger partial charge in [-0.1, -0.05) is 11.5 Å². The Morgan fingerprint density at radius 2 is 2.29 bits per heavy atom. The van der Waals surface area contributed by atoms with Crippen LogP contribution in [0, 0.1) is 0 Å². The molecule has 0 aliphatic carbocycles. The summed E-state index contributed by atoms with van der Waals surface area (Å²) < 4.78 is 5.14. The predicted molar refractivity (Wildman–Crippen MR) is 54.0 cm³/mol. The first-order chi connectivity index (χ1) is 6.59. The third-order valence-corrected chi connectivity index (χ3v) is 1.61. The first-order valence-corrected chi connectivity index (χ1v) is 4.09. The summed E-state index contributed by atoms with van der Waals surface area (Å²) in [6, 6.07) is 4.84. The van der Waals surface area contributed by atoms with Crippen molar-refractivity contribution < 1.29 is 14.6 Å². The molecule has 0 aromatic heterocycles. The molecule has 1 aromatic carbocycles. The van der Waals surface area contributed by atoms with E-state index in [1.807, 2.05) is 0 Å². The average molecular weight is 191 g/mol. The van der Waals surface area contributed by atoms with Crippen molar-refractivity contribution in [3.05, 3.63) is 18.2 Å². The first-order valence-electron chi connectivity index (χ1n) is 4.09. The van der Waals surface area contributed by atoms with E-state index >= 15 is 0 Å². The zero-order valence-electron chi connectivity index (χ0n) is 7.56. The second-order valence-electron chi connectivity index (χ2n) is 2.79. The van der Waals surface area contributed by atoms with Crippen molar-refractivity contribution in [3.8, 4) is 5.75 Å². The van der Waals surface area contributed by atoms with Crippen molar-refractivity contribution in [2.45, 2.75) is 6.42 Å². The second kappa shape index (κ2) is 4.55. The molecule has 14 heavy (non-hydrogen) atoms. The fourth-order valence-corrected chi connectivity index (χ4v) is 0.924. The molecule has 0 aliphatic heterocycles. The Morgan fingerprint density at radius 1 is 1.57 bits per heavy atom. The Balaban J connectivity index is 2.57. The fourth-order valence-electron chi connectivity index (χ4n) is 0.924. The van der Waals surface area contributed by atoms with Gasteiger partial charge in [-0.2, -0.15) is 0 Å². The van der Waals surface area contributed by atoms with E-state index in [9.17, 15) is 4.79 Å². The summed E-state index contributed by atoms with van der Waals surface area (Å²) in [5, 5.41) is 8.38. The lowest BCUT2D eigenvalue weighted by Gasteiger charge is -2.08. The minimum absolute atomic E-state index is 0.0613. The molecule has 1 aromatic rings. The maximum Gasteiger partial charge on any atom is 0.306 e. The zero-order valence-corrected chi connectivity index (χ0v) is 7.56. The lowest BCUT2D eigenvalue weighted by Crippen LogP contribution is -2.09. The number of carbonyl (C=O) groups is 1. The Morgan fingerprint density at radius 3 is 2.93 bits per heavy atom. The standard InChI is InChI=1S/C9H10BNO3/c10-6-1-2-7(11)8(5-6)14-4-3-9(12)13/h1-2,5H,3-4,11H2,(H,12,13). The topological polar surface area (TPSA) is 72.5 Å². The van der Waals surface area contributed by atoms with Crippen LogP contribution in [0.5, 0.6) is 5.75 Å². The van der Waals surface area contributed by atoms with Gasteiger partial charge in [0.2, 0.25) is 0 Å². The van der Waals surface area contributed by atoms with Crippen LogP contribution >= 0.6 is 0 Å². The molecule has 0 unspecified atom stereocenters. The SMILES string of the molecule is [B]c1ccc(N)c(OCCC(=O)O)c1. The van der Waals surface area contributed by atoms with E-state index in [-0.39, 0.29) is 13.0 Å². The number of aliphatic carboxylic acids is 1. The summed E-state index contributed by atoms with van der Waals surface area (Å²) in [4.78, 5) is 10.2. The van der Waals surface area contributed by atoms with Crippen LogP contribution in [0.25, 0.3) is 0 Å². The Kier molecular flexibility index (Phi) is 3.39. The van der Waals surface area contributed by atoms with Crippen LogP contribution in [-0.4, -0.2) is 25.5 Å². The maximum absolute atomic E-state index is 10.2. The lowest BCUT2D eigenvalue weighted by molar-refractivity contribution is -0.137. The van der Waals surface area contributed by atoms with Crippen LogP contribution in [0.1, 0.15) is 6.42 Å². The number of nitrogen functional groups attached to an aromatic ring is 1. The van der Waals surface area contributed by atoms with Crippen molar-refractivity contribution in [3.63, 3.8) is 0 Å². The molecule has 0 amide bonds. The molecule has 3 N–H and O–H groups in total. The highest BCUT2D eigenvalue weighted by atomic mass is 16.5. The summed E-state index contributed by atoms with van der Waals surface area (Å²) in [6.07, 6.45) is -0.0613. The minimum atomic E-state index is -0.910. The van der Waals surface area contributed by atoms with Gasteiger partial charge in [-0.15, -0.1) is 0 Å². The highest BCUT2D eigenvalue weighted by Gasteiger charge is 2.02. The van der Waals surface area contributed by atoms with E-state index in [0.717, 1.165) is 0 Å². The van der Waals surface area contributed by atoms with Crippen LogP contribution in [0.15, 0.2) is 18.2 Å². The molecule has 0 spiro atoms. The van der Waals surface area contributed by atoms with Gasteiger partial charge in [0.15, 0.2) is 0 Å². The van der Waals surface area contributed by atoms with Gasteiger partial charge < -0.3 is 15.6 Å². The van der Waals surface area contributed by atoms with E-state index in [1.54, 1.807) is 18.2 Å². The number of carboxylic acids is 1. The summed E-state index contributed by atoms with van der Waals surface area (Å²) in [6.45, 7) is 0.0863. The van der Waals surface area contributed by atoms with Crippen molar-refractivity contribution in [2.75, 3.05) is 12.3 Å². The van der Waals surface area contributed by atoms with Gasteiger partial charge in [-0.05, 0) is 12.1 Å². The first kappa shape index (κ1) is 10.4. The average Bonchev–Trinajstić information content (AvgIpc) is 2.10. The molecule has 0 saturated heterocycles. The van der Waals surface area contributed by atoms with Crippen molar-refractivity contribution in [1.82, 2.24) is 0 Å². The predicted octanol–water partition coefficient (Wildman–Crippen LogP) is -0.0839. The number of hydrogen-bond acceptors (Lipinski definition) is 3. The molecular weight excluding hydrogens is 181 g/mol. The largest absolute Gasteiger partial charge is 0.491 e. The molecule has 0 heterocycles. The van der Waals surface area contributed by atoms with Gasteiger partial charge in [-0.3, -0.25) is 4.79 Å². The molecular formula is C9H10BNO3. The van der Waals surface area contributed by atoms with E-state index in [0.29, 0.717) is 16.9 Å². The molecule has 4 nitrogen and oxygen atoms in total. The van der Waals surface area contributed by atoms with Crippen molar-refractivity contribution in [2.24, 2.45) is 0 Å². The second-order valence-corrected chi connectivity index (χ2v) is 2.79. The van der Waals surface area contributed by atoms with Crippen molar-refractivity contribution in [1.29, 1.82) is 0 Å². The highest BCUT2D eigenvalue weighted by molar-refractivity contribution is 6.32. The van der Waals surface area contributed by atoms with Crippen LogP contribution in [-0.2, 0) is 4.79 Å². The lowest BCUT2D eigenvalue weighted by atomic mass is 9.96. The molecule has 5 heteroatoms. The molecule has 1 rings (SSSR count). The number of ether oxygens (including phenoxy) is 1. The van der Waals surface area contributed by atoms with Crippen LogP contribution in [0.2, 0.25) is 0 Å². The fraction of sp³-hybridized carbons (Fsp3) is 0.222. The molecule has 0 fully saturated rings. The third-order valence-electron chi connectivity index (χ3n) is 1.61. The summed E-state index contributed by atoms with van der Waals surface area (Å²) in [5.74, 6) is -0.487. The number of benzene rings is 1. The van der Waals surface area contributed by atoms with Gasteiger partial charge in [0.1, 0.15) is 13.6 Å².